The van der Waals surface area contributed by atoms with Crippen LogP contribution in [-0.2, 0) is 28.6 Å². The van der Waals surface area contributed by atoms with E-state index < -0.39 is 36.0 Å². The first-order valence-electron chi connectivity index (χ1n) is 5.54. The van der Waals surface area contributed by atoms with E-state index in [4.69, 9.17) is 9.47 Å². The van der Waals surface area contributed by atoms with Crippen LogP contribution < -0.4 is 0 Å². The predicted octanol–water partition coefficient (Wildman–Crippen LogP) is 0.599. The molecule has 0 aromatic heterocycles. The molecule has 3 atom stereocenters. The fourth-order valence-electron chi connectivity index (χ4n) is 1.83. The van der Waals surface area contributed by atoms with Gasteiger partial charge in [-0.2, -0.15) is 0 Å². The number of carbonyl (C=O) groups is 3. The van der Waals surface area contributed by atoms with Crippen molar-refractivity contribution in [2.45, 2.75) is 32.5 Å². The highest BCUT2D eigenvalue weighted by Crippen LogP contribution is 2.25. The summed E-state index contributed by atoms with van der Waals surface area (Å²) in [5.74, 6) is -2.07. The summed E-state index contributed by atoms with van der Waals surface area (Å²) < 4.78 is 14.7. The molecule has 0 aromatic rings. The lowest BCUT2D eigenvalue weighted by Crippen LogP contribution is -2.38. The second-order valence-corrected chi connectivity index (χ2v) is 3.97. The van der Waals surface area contributed by atoms with Crippen molar-refractivity contribution in [3.05, 3.63) is 12.2 Å². The SMILES string of the molecule is COC(=O)[C@@H]1C[C@H](OC(C)=O)C=C[C@@H]1OC(C)=O. The maximum atomic E-state index is 11.6. The van der Waals surface area contributed by atoms with Gasteiger partial charge in [0.1, 0.15) is 18.1 Å². The Kier molecular flexibility index (Phi) is 4.88. The molecule has 6 nitrogen and oxygen atoms in total. The highest BCUT2D eigenvalue weighted by Gasteiger charge is 2.36. The van der Waals surface area contributed by atoms with Crippen molar-refractivity contribution in [2.24, 2.45) is 5.92 Å². The molecule has 0 amide bonds. The summed E-state index contributed by atoms with van der Waals surface area (Å²) >= 11 is 0. The van der Waals surface area contributed by atoms with Gasteiger partial charge in [0.2, 0.25) is 0 Å². The second-order valence-electron chi connectivity index (χ2n) is 3.97. The van der Waals surface area contributed by atoms with E-state index >= 15 is 0 Å². The van der Waals surface area contributed by atoms with Gasteiger partial charge in [0.05, 0.1) is 7.11 Å². The van der Waals surface area contributed by atoms with Gasteiger partial charge >= 0.3 is 17.9 Å². The summed E-state index contributed by atoms with van der Waals surface area (Å²) in [7, 11) is 1.26. The van der Waals surface area contributed by atoms with Crippen LogP contribution in [0.4, 0.5) is 0 Å². The molecule has 0 saturated carbocycles. The lowest BCUT2D eigenvalue weighted by Gasteiger charge is -2.28. The number of hydrogen-bond acceptors (Lipinski definition) is 6. The summed E-state index contributed by atoms with van der Waals surface area (Å²) in [4.78, 5) is 33.4. The highest BCUT2D eigenvalue weighted by atomic mass is 16.6. The first-order valence-corrected chi connectivity index (χ1v) is 5.54. The lowest BCUT2D eigenvalue weighted by molar-refractivity contribution is -0.161. The van der Waals surface area contributed by atoms with Crippen LogP contribution in [0.2, 0.25) is 0 Å². The van der Waals surface area contributed by atoms with Gasteiger partial charge in [-0.1, -0.05) is 0 Å². The minimum Gasteiger partial charge on any atom is -0.469 e. The largest absolute Gasteiger partial charge is 0.469 e. The Labute approximate surface area is 105 Å². The van der Waals surface area contributed by atoms with Gasteiger partial charge in [0.15, 0.2) is 0 Å². The molecule has 1 rings (SSSR count). The maximum absolute atomic E-state index is 11.6. The molecule has 0 aliphatic heterocycles. The van der Waals surface area contributed by atoms with Gasteiger partial charge in [-0.15, -0.1) is 0 Å². The average Bonchev–Trinajstić information content (AvgIpc) is 2.28. The monoisotopic (exact) mass is 256 g/mol. The molecular weight excluding hydrogens is 240 g/mol. The number of hydrogen-bond donors (Lipinski definition) is 0. The molecular formula is C12H16O6. The van der Waals surface area contributed by atoms with Crippen molar-refractivity contribution >= 4 is 17.9 Å². The number of ether oxygens (including phenoxy) is 3. The van der Waals surface area contributed by atoms with Crippen LogP contribution in [0, 0.1) is 5.92 Å². The smallest absolute Gasteiger partial charge is 0.312 e. The highest BCUT2D eigenvalue weighted by molar-refractivity contribution is 5.75. The van der Waals surface area contributed by atoms with Gasteiger partial charge in [-0.25, -0.2) is 0 Å². The van der Waals surface area contributed by atoms with Crippen molar-refractivity contribution in [2.75, 3.05) is 7.11 Å². The fourth-order valence-corrected chi connectivity index (χ4v) is 1.83. The van der Waals surface area contributed by atoms with Gasteiger partial charge in [0, 0.05) is 20.3 Å². The van der Waals surface area contributed by atoms with E-state index in [1.54, 1.807) is 12.2 Å². The zero-order valence-corrected chi connectivity index (χ0v) is 10.5. The van der Waals surface area contributed by atoms with Crippen LogP contribution in [0.25, 0.3) is 0 Å². The molecule has 0 bridgehead atoms. The van der Waals surface area contributed by atoms with Crippen LogP contribution in [0.3, 0.4) is 0 Å². The molecule has 18 heavy (non-hydrogen) atoms. The number of esters is 3. The van der Waals surface area contributed by atoms with Gasteiger partial charge < -0.3 is 14.2 Å². The van der Waals surface area contributed by atoms with E-state index in [1.165, 1.54) is 21.0 Å². The minimum absolute atomic E-state index is 0.237. The summed E-state index contributed by atoms with van der Waals surface area (Å²) in [5.41, 5.74) is 0. The van der Waals surface area contributed by atoms with Gasteiger partial charge in [-0.3, -0.25) is 14.4 Å². The molecule has 100 valence electrons. The van der Waals surface area contributed by atoms with Crippen LogP contribution in [0.1, 0.15) is 20.3 Å². The molecule has 0 heterocycles. The Balaban J connectivity index is 2.80. The predicted molar refractivity (Wildman–Crippen MR) is 60.4 cm³/mol. The van der Waals surface area contributed by atoms with Crippen LogP contribution >= 0.6 is 0 Å². The van der Waals surface area contributed by atoms with Crippen molar-refractivity contribution in [3.63, 3.8) is 0 Å². The topological polar surface area (TPSA) is 78.9 Å². The molecule has 0 unspecified atom stereocenters. The Morgan fingerprint density at radius 2 is 1.67 bits per heavy atom. The lowest BCUT2D eigenvalue weighted by atomic mass is 9.89. The molecule has 0 radical (unpaired) electrons. The second kappa shape index (κ2) is 6.18. The molecule has 1 aliphatic rings. The van der Waals surface area contributed by atoms with E-state index in [-0.39, 0.29) is 6.42 Å². The zero-order valence-electron chi connectivity index (χ0n) is 10.5. The quantitative estimate of drug-likeness (QED) is 0.418. The first-order chi connectivity index (χ1) is 8.43. The Morgan fingerprint density at radius 1 is 1.06 bits per heavy atom. The molecule has 0 N–H and O–H groups in total. The average molecular weight is 256 g/mol. The molecule has 0 fully saturated rings. The van der Waals surface area contributed by atoms with Crippen molar-refractivity contribution in [3.8, 4) is 0 Å². The summed E-state index contributed by atoms with van der Waals surface area (Å²) in [6.07, 6.45) is 2.20. The molecule has 0 aromatic carbocycles. The van der Waals surface area contributed by atoms with Crippen LogP contribution in [0.5, 0.6) is 0 Å². The summed E-state index contributed by atoms with van der Waals surface area (Å²) in [5, 5.41) is 0. The third-order valence-corrected chi connectivity index (χ3v) is 2.52. The normalized spacial score (nSPS) is 26.3. The zero-order chi connectivity index (χ0) is 13.7. The Morgan fingerprint density at radius 3 is 2.17 bits per heavy atom. The van der Waals surface area contributed by atoms with Crippen LogP contribution in [-0.4, -0.2) is 37.2 Å². The molecule has 0 spiro atoms. The standard InChI is InChI=1S/C12H16O6/c1-7(13)17-9-4-5-11(18-8(2)14)10(6-9)12(15)16-3/h4-5,9-11H,6H2,1-3H3/t9-,10-,11+/m1/s1. The van der Waals surface area contributed by atoms with Gasteiger partial charge in [0.25, 0.3) is 0 Å². The van der Waals surface area contributed by atoms with Crippen molar-refractivity contribution in [1.82, 2.24) is 0 Å². The third kappa shape index (κ3) is 3.87. The van der Waals surface area contributed by atoms with Crippen molar-refractivity contribution in [1.29, 1.82) is 0 Å². The Bertz CT molecular complexity index is 373. The number of methoxy groups -OCH3 is 1. The Hall–Kier alpha value is -1.85. The minimum atomic E-state index is -0.679. The molecule has 1 aliphatic carbocycles. The van der Waals surface area contributed by atoms with Gasteiger partial charge in [-0.05, 0) is 12.2 Å². The summed E-state index contributed by atoms with van der Waals surface area (Å²) in [6.45, 7) is 2.56. The maximum Gasteiger partial charge on any atom is 0.312 e. The summed E-state index contributed by atoms with van der Waals surface area (Å²) in [6, 6.07) is 0. The number of carbonyl (C=O) groups excluding carboxylic acids is 3. The van der Waals surface area contributed by atoms with E-state index in [1.807, 2.05) is 0 Å². The first kappa shape index (κ1) is 14.2. The fraction of sp³-hybridized carbons (Fsp3) is 0.583. The van der Waals surface area contributed by atoms with Crippen molar-refractivity contribution < 1.29 is 28.6 Å². The van der Waals surface area contributed by atoms with E-state index in [0.717, 1.165) is 0 Å². The molecule has 0 saturated heterocycles. The van der Waals surface area contributed by atoms with E-state index in [0.29, 0.717) is 0 Å². The van der Waals surface area contributed by atoms with Crippen LogP contribution in [0.15, 0.2) is 12.2 Å². The number of rotatable bonds is 3. The molecule has 6 heteroatoms. The van der Waals surface area contributed by atoms with E-state index in [9.17, 15) is 14.4 Å². The van der Waals surface area contributed by atoms with E-state index in [2.05, 4.69) is 4.74 Å². The third-order valence-electron chi connectivity index (χ3n) is 2.52.